The highest BCUT2D eigenvalue weighted by Gasteiger charge is 2.46. The Morgan fingerprint density at radius 1 is 1.23 bits per heavy atom. The Bertz CT molecular complexity index is 823. The van der Waals surface area contributed by atoms with Crippen molar-refractivity contribution >= 4 is 33.1 Å². The summed E-state index contributed by atoms with van der Waals surface area (Å²) in [7, 11) is 1.82. The molecule has 4 heteroatoms. The summed E-state index contributed by atoms with van der Waals surface area (Å²) in [6, 6.07) is 14.8. The molecule has 1 fully saturated rings. The highest BCUT2D eigenvalue weighted by Crippen LogP contribution is 2.50. The van der Waals surface area contributed by atoms with Gasteiger partial charge in [-0.2, -0.15) is 0 Å². The molecule has 0 N–H and O–H groups in total. The first kappa shape index (κ1) is 13.5. The third-order valence-electron chi connectivity index (χ3n) is 4.37. The maximum atomic E-state index is 12.6. The lowest BCUT2D eigenvalue weighted by Crippen LogP contribution is -2.28. The minimum atomic E-state index is 0.0831. The molecule has 0 aliphatic heterocycles. The lowest BCUT2D eigenvalue weighted by molar-refractivity contribution is -0.119. The van der Waals surface area contributed by atoms with Gasteiger partial charge in [-0.15, -0.1) is 11.3 Å². The van der Waals surface area contributed by atoms with Crippen molar-refractivity contribution < 1.29 is 4.79 Å². The minimum Gasteiger partial charge on any atom is -0.291 e. The van der Waals surface area contributed by atoms with E-state index in [-0.39, 0.29) is 11.8 Å². The van der Waals surface area contributed by atoms with Crippen LogP contribution in [0, 0.1) is 5.92 Å². The fraction of sp³-hybridized carbons (Fsp3) is 0.222. The van der Waals surface area contributed by atoms with E-state index in [4.69, 9.17) is 0 Å². The van der Waals surface area contributed by atoms with Crippen LogP contribution >= 0.6 is 11.3 Å². The first-order valence-corrected chi connectivity index (χ1v) is 8.28. The molecule has 0 unspecified atom stereocenters. The molecule has 3 nitrogen and oxygen atoms in total. The summed E-state index contributed by atoms with van der Waals surface area (Å²) in [4.78, 5) is 18.5. The normalized spacial score (nSPS) is 20.0. The van der Waals surface area contributed by atoms with Crippen molar-refractivity contribution in [2.75, 3.05) is 11.9 Å². The molecular weight excluding hydrogens is 292 g/mol. The summed E-state index contributed by atoms with van der Waals surface area (Å²) in [5.74, 6) is 0.591. The molecular formula is C18H16N2OS. The van der Waals surface area contributed by atoms with Crippen molar-refractivity contribution in [3.8, 4) is 0 Å². The smallest absolute Gasteiger partial charge is 0.232 e. The molecule has 2 atom stereocenters. The highest BCUT2D eigenvalue weighted by molar-refractivity contribution is 7.13. The summed E-state index contributed by atoms with van der Waals surface area (Å²) in [6.45, 7) is 0. The Hall–Kier alpha value is -2.20. The molecule has 1 aromatic heterocycles. The molecule has 1 saturated carbocycles. The first-order chi connectivity index (χ1) is 10.8. The first-order valence-electron chi connectivity index (χ1n) is 7.40. The minimum absolute atomic E-state index is 0.0831. The van der Waals surface area contributed by atoms with E-state index in [2.05, 4.69) is 47.4 Å². The predicted octanol–water partition coefficient (Wildman–Crippen LogP) is 4.06. The van der Waals surface area contributed by atoms with Crippen LogP contribution in [0.15, 0.2) is 54.0 Å². The van der Waals surface area contributed by atoms with Crippen LogP contribution in [0.3, 0.4) is 0 Å². The van der Waals surface area contributed by atoms with Crippen LogP contribution < -0.4 is 4.90 Å². The maximum Gasteiger partial charge on any atom is 0.232 e. The van der Waals surface area contributed by atoms with Gasteiger partial charge in [0, 0.05) is 24.5 Å². The van der Waals surface area contributed by atoms with Crippen molar-refractivity contribution in [2.24, 2.45) is 5.92 Å². The Morgan fingerprint density at radius 3 is 2.86 bits per heavy atom. The van der Waals surface area contributed by atoms with E-state index in [9.17, 15) is 4.79 Å². The number of hydrogen-bond acceptors (Lipinski definition) is 3. The van der Waals surface area contributed by atoms with Crippen LogP contribution in [0.2, 0.25) is 0 Å². The van der Waals surface area contributed by atoms with Gasteiger partial charge in [0.05, 0.1) is 0 Å². The summed E-state index contributed by atoms with van der Waals surface area (Å²) in [5.41, 5.74) is 1.30. The summed E-state index contributed by atoms with van der Waals surface area (Å²) in [5, 5.41) is 5.18. The van der Waals surface area contributed by atoms with E-state index in [0.717, 1.165) is 11.6 Å². The summed E-state index contributed by atoms with van der Waals surface area (Å²) >= 11 is 1.50. The Kier molecular flexibility index (Phi) is 3.19. The maximum absolute atomic E-state index is 12.6. The zero-order valence-corrected chi connectivity index (χ0v) is 13.1. The van der Waals surface area contributed by atoms with Crippen molar-refractivity contribution in [1.82, 2.24) is 4.98 Å². The number of aromatic nitrogens is 1. The van der Waals surface area contributed by atoms with Gasteiger partial charge in [-0.25, -0.2) is 4.98 Å². The van der Waals surface area contributed by atoms with Crippen LogP contribution in [0.25, 0.3) is 10.8 Å². The van der Waals surface area contributed by atoms with Crippen molar-refractivity contribution in [2.45, 2.75) is 12.3 Å². The van der Waals surface area contributed by atoms with Crippen molar-refractivity contribution in [3.63, 3.8) is 0 Å². The fourth-order valence-corrected chi connectivity index (χ4v) is 3.72. The second-order valence-electron chi connectivity index (χ2n) is 5.73. The summed E-state index contributed by atoms with van der Waals surface area (Å²) < 4.78 is 0. The lowest BCUT2D eigenvalue weighted by atomic mass is 10.00. The molecule has 0 bridgehead atoms. The van der Waals surface area contributed by atoms with Gasteiger partial charge in [0.1, 0.15) is 0 Å². The Balaban J connectivity index is 1.60. The summed E-state index contributed by atoms with van der Waals surface area (Å²) in [6.07, 6.45) is 2.67. The molecule has 1 heterocycles. The predicted molar refractivity (Wildman–Crippen MR) is 90.3 cm³/mol. The molecule has 2 aromatic carbocycles. The Labute approximate surface area is 133 Å². The number of anilines is 1. The fourth-order valence-electron chi connectivity index (χ4n) is 3.11. The zero-order chi connectivity index (χ0) is 15.1. The average molecular weight is 308 g/mol. The van der Waals surface area contributed by atoms with E-state index in [1.165, 1.54) is 27.7 Å². The number of hydrogen-bond donors (Lipinski definition) is 0. The Morgan fingerprint density at radius 2 is 2.05 bits per heavy atom. The van der Waals surface area contributed by atoms with Crippen LogP contribution in [0.5, 0.6) is 0 Å². The number of benzene rings is 2. The van der Waals surface area contributed by atoms with Gasteiger partial charge in [-0.05, 0) is 28.7 Å². The van der Waals surface area contributed by atoms with E-state index < -0.39 is 0 Å². The van der Waals surface area contributed by atoms with Gasteiger partial charge in [-0.3, -0.25) is 9.69 Å². The topological polar surface area (TPSA) is 33.2 Å². The molecule has 3 aromatic rings. The molecule has 0 saturated heterocycles. The van der Waals surface area contributed by atoms with Gasteiger partial charge in [0.15, 0.2) is 5.13 Å². The SMILES string of the molecule is CN(C(=O)[C@@H]1C[C@H]1c1cccc2ccccc12)c1nccs1. The van der Waals surface area contributed by atoms with E-state index in [1.54, 1.807) is 11.1 Å². The second-order valence-corrected chi connectivity index (χ2v) is 6.60. The van der Waals surface area contributed by atoms with E-state index in [1.807, 2.05) is 12.4 Å². The molecule has 110 valence electrons. The van der Waals surface area contributed by atoms with Gasteiger partial charge in [0.25, 0.3) is 0 Å². The molecule has 4 rings (SSSR count). The molecule has 0 spiro atoms. The monoisotopic (exact) mass is 308 g/mol. The number of fused-ring (bicyclic) bond motifs is 1. The average Bonchev–Trinajstić information content (AvgIpc) is 3.16. The van der Waals surface area contributed by atoms with Crippen LogP contribution in [-0.2, 0) is 4.79 Å². The quantitative estimate of drug-likeness (QED) is 0.731. The number of carbonyl (C=O) groups is 1. The molecule has 1 aliphatic rings. The van der Waals surface area contributed by atoms with Gasteiger partial charge < -0.3 is 0 Å². The number of amides is 1. The largest absolute Gasteiger partial charge is 0.291 e. The van der Waals surface area contributed by atoms with Crippen LogP contribution in [0.4, 0.5) is 5.13 Å². The third-order valence-corrected chi connectivity index (χ3v) is 5.22. The zero-order valence-electron chi connectivity index (χ0n) is 12.3. The number of nitrogens with zero attached hydrogens (tertiary/aromatic N) is 2. The molecule has 1 aliphatic carbocycles. The standard InChI is InChI=1S/C18H16N2OS/c1-20(18-19-9-10-22-18)17(21)16-11-15(16)14-8-4-6-12-5-2-3-7-13(12)14/h2-10,15-16H,11H2,1H3/t15-,16+/m0/s1. The van der Waals surface area contributed by atoms with Crippen LogP contribution in [-0.4, -0.2) is 17.9 Å². The van der Waals surface area contributed by atoms with E-state index >= 15 is 0 Å². The molecule has 22 heavy (non-hydrogen) atoms. The second kappa shape index (κ2) is 5.21. The van der Waals surface area contributed by atoms with Crippen molar-refractivity contribution in [1.29, 1.82) is 0 Å². The van der Waals surface area contributed by atoms with Gasteiger partial charge in [0.2, 0.25) is 5.91 Å². The van der Waals surface area contributed by atoms with Gasteiger partial charge >= 0.3 is 0 Å². The molecule has 1 amide bonds. The van der Waals surface area contributed by atoms with E-state index in [0.29, 0.717) is 5.92 Å². The molecule has 0 radical (unpaired) electrons. The third kappa shape index (κ3) is 2.20. The lowest BCUT2D eigenvalue weighted by Gasteiger charge is -2.14. The number of carbonyl (C=O) groups excluding carboxylic acids is 1. The van der Waals surface area contributed by atoms with Crippen LogP contribution in [0.1, 0.15) is 17.9 Å². The van der Waals surface area contributed by atoms with Gasteiger partial charge in [-0.1, -0.05) is 42.5 Å². The van der Waals surface area contributed by atoms with Crippen molar-refractivity contribution in [3.05, 3.63) is 59.6 Å². The number of thiazole rings is 1. The highest BCUT2D eigenvalue weighted by atomic mass is 32.1. The number of rotatable bonds is 3.